The normalized spacial score (nSPS) is 24.7. The van der Waals surface area contributed by atoms with E-state index in [-0.39, 0.29) is 6.10 Å². The highest BCUT2D eigenvalue weighted by atomic mass is 16.3. The summed E-state index contributed by atoms with van der Waals surface area (Å²) in [6.45, 7) is 2.15. The molecule has 1 aliphatic rings. The van der Waals surface area contributed by atoms with Gasteiger partial charge in [-0.2, -0.15) is 0 Å². The second-order valence-electron chi connectivity index (χ2n) is 3.89. The average Bonchev–Trinajstić information content (AvgIpc) is 2.23. The van der Waals surface area contributed by atoms with Gasteiger partial charge in [-0.25, -0.2) is 0 Å². The zero-order valence-corrected chi connectivity index (χ0v) is 8.48. The van der Waals surface area contributed by atoms with Gasteiger partial charge in [-0.05, 0) is 17.5 Å². The van der Waals surface area contributed by atoms with Crippen molar-refractivity contribution >= 4 is 6.08 Å². The van der Waals surface area contributed by atoms with Crippen molar-refractivity contribution in [2.75, 3.05) is 0 Å². The van der Waals surface area contributed by atoms with E-state index in [1.165, 1.54) is 0 Å². The van der Waals surface area contributed by atoms with Crippen molar-refractivity contribution < 1.29 is 5.11 Å². The van der Waals surface area contributed by atoms with E-state index in [9.17, 15) is 5.11 Å². The van der Waals surface area contributed by atoms with Crippen molar-refractivity contribution in [2.45, 2.75) is 25.9 Å². The lowest BCUT2D eigenvalue weighted by Crippen LogP contribution is -2.14. The molecule has 74 valence electrons. The van der Waals surface area contributed by atoms with E-state index in [0.717, 1.165) is 24.0 Å². The summed E-state index contributed by atoms with van der Waals surface area (Å²) in [6, 6.07) is 8.07. The van der Waals surface area contributed by atoms with Crippen molar-refractivity contribution in [1.29, 1.82) is 0 Å². The fourth-order valence-electron chi connectivity index (χ4n) is 2.08. The first-order chi connectivity index (χ1) is 6.83. The molecule has 14 heavy (non-hydrogen) atoms. The lowest BCUT2D eigenvalue weighted by molar-refractivity contribution is 0.125. The predicted molar refractivity (Wildman–Crippen MR) is 58.8 cm³/mol. The first-order valence-corrected chi connectivity index (χ1v) is 5.28. The molecule has 1 aromatic carbocycles. The van der Waals surface area contributed by atoms with Crippen molar-refractivity contribution in [3.8, 4) is 0 Å². The molecule has 1 nitrogen and oxygen atoms in total. The Bertz CT molecular complexity index is 341. The summed E-state index contributed by atoms with van der Waals surface area (Å²) in [7, 11) is 0. The third-order valence-electron chi connectivity index (χ3n) is 2.87. The van der Waals surface area contributed by atoms with E-state index >= 15 is 0 Å². The molecular weight excluding hydrogens is 172 g/mol. The van der Waals surface area contributed by atoms with Crippen LogP contribution >= 0.6 is 0 Å². The lowest BCUT2D eigenvalue weighted by atomic mass is 9.84. The van der Waals surface area contributed by atoms with Gasteiger partial charge in [-0.15, -0.1) is 0 Å². The highest BCUT2D eigenvalue weighted by Crippen LogP contribution is 2.34. The maximum Gasteiger partial charge on any atom is 0.0858 e. The van der Waals surface area contributed by atoms with E-state index in [2.05, 4.69) is 25.1 Å². The molecule has 0 amide bonds. The zero-order valence-electron chi connectivity index (χ0n) is 8.48. The van der Waals surface area contributed by atoms with Gasteiger partial charge in [0.25, 0.3) is 0 Å². The summed E-state index contributed by atoms with van der Waals surface area (Å²) < 4.78 is 0. The van der Waals surface area contributed by atoms with Crippen LogP contribution in [0, 0.1) is 5.92 Å². The molecule has 1 heteroatoms. The van der Waals surface area contributed by atoms with Gasteiger partial charge in [0, 0.05) is 5.92 Å². The molecule has 1 aromatic rings. The smallest absolute Gasteiger partial charge is 0.0858 e. The second-order valence-corrected chi connectivity index (χ2v) is 3.89. The number of rotatable bonds is 2. The Labute approximate surface area is 85.1 Å². The van der Waals surface area contributed by atoms with Crippen LogP contribution < -0.4 is 0 Å². The molecule has 0 spiro atoms. The minimum Gasteiger partial charge on any atom is -0.388 e. The molecule has 0 bridgehead atoms. The van der Waals surface area contributed by atoms with E-state index in [1.807, 2.05) is 18.2 Å². The molecule has 0 aromatic heterocycles. The first-order valence-electron chi connectivity index (χ1n) is 5.28. The molecule has 2 rings (SSSR count). The second kappa shape index (κ2) is 3.97. The van der Waals surface area contributed by atoms with Crippen LogP contribution in [0.3, 0.4) is 0 Å². The lowest BCUT2D eigenvalue weighted by Gasteiger charge is -2.25. The molecule has 0 radical (unpaired) electrons. The van der Waals surface area contributed by atoms with Gasteiger partial charge >= 0.3 is 0 Å². The van der Waals surface area contributed by atoms with Crippen LogP contribution in [0.1, 0.15) is 37.0 Å². The Morgan fingerprint density at radius 1 is 1.29 bits per heavy atom. The molecule has 0 unspecified atom stereocenters. The Hall–Kier alpha value is -1.08. The summed E-state index contributed by atoms with van der Waals surface area (Å²) in [6.07, 6.45) is 6.13. The minimum absolute atomic E-state index is 0.301. The van der Waals surface area contributed by atoms with Crippen LogP contribution in [0.4, 0.5) is 0 Å². The third kappa shape index (κ3) is 1.60. The summed E-state index contributed by atoms with van der Waals surface area (Å²) in [5.41, 5.74) is 2.24. The Morgan fingerprint density at radius 2 is 2.07 bits per heavy atom. The van der Waals surface area contributed by atoms with Crippen molar-refractivity contribution in [2.24, 2.45) is 5.92 Å². The highest BCUT2D eigenvalue weighted by Gasteiger charge is 2.22. The van der Waals surface area contributed by atoms with Gasteiger partial charge in [0.2, 0.25) is 0 Å². The summed E-state index contributed by atoms with van der Waals surface area (Å²) in [5, 5.41) is 10.1. The Kier molecular flexibility index (Phi) is 2.69. The molecular formula is C13H16O. The van der Waals surface area contributed by atoms with E-state index in [0.29, 0.717) is 5.92 Å². The number of aliphatic hydroxyl groups is 1. The quantitative estimate of drug-likeness (QED) is 0.755. The molecule has 0 heterocycles. The Morgan fingerprint density at radius 3 is 2.86 bits per heavy atom. The molecule has 1 N–H and O–H groups in total. The van der Waals surface area contributed by atoms with Gasteiger partial charge in [-0.3, -0.25) is 0 Å². The summed E-state index contributed by atoms with van der Waals surface area (Å²) in [5.74, 6) is 0.301. The van der Waals surface area contributed by atoms with Crippen molar-refractivity contribution in [3.05, 3.63) is 41.5 Å². The minimum atomic E-state index is -0.309. The van der Waals surface area contributed by atoms with E-state index < -0.39 is 0 Å². The van der Waals surface area contributed by atoms with Crippen LogP contribution in [0.5, 0.6) is 0 Å². The SMILES string of the molecule is CCC[C@H]1C=Cc2ccccc2[C@@H]1O. The molecule has 2 atom stereocenters. The average molecular weight is 188 g/mol. The zero-order chi connectivity index (χ0) is 9.97. The molecule has 1 aliphatic carbocycles. The van der Waals surface area contributed by atoms with Crippen molar-refractivity contribution in [3.63, 3.8) is 0 Å². The summed E-state index contributed by atoms with van der Waals surface area (Å²) >= 11 is 0. The summed E-state index contributed by atoms with van der Waals surface area (Å²) in [4.78, 5) is 0. The van der Waals surface area contributed by atoms with Crippen molar-refractivity contribution in [1.82, 2.24) is 0 Å². The maximum absolute atomic E-state index is 10.1. The van der Waals surface area contributed by atoms with Crippen LogP contribution in [-0.4, -0.2) is 5.11 Å². The van der Waals surface area contributed by atoms with Crippen LogP contribution in [0.15, 0.2) is 30.3 Å². The molecule has 0 saturated carbocycles. The van der Waals surface area contributed by atoms with E-state index in [1.54, 1.807) is 0 Å². The van der Waals surface area contributed by atoms with Gasteiger partial charge in [0.1, 0.15) is 0 Å². The first kappa shape index (κ1) is 9.47. The largest absolute Gasteiger partial charge is 0.388 e. The topological polar surface area (TPSA) is 20.2 Å². The fraction of sp³-hybridized carbons (Fsp3) is 0.385. The Balaban J connectivity index is 2.30. The standard InChI is InChI=1S/C13H16O/c1-2-5-11-9-8-10-6-3-4-7-12(10)13(11)14/h3-4,6-9,11,13-14H,2,5H2,1H3/t11-,13+/m0/s1. The number of fused-ring (bicyclic) bond motifs is 1. The predicted octanol–water partition coefficient (Wildman–Crippen LogP) is 3.16. The maximum atomic E-state index is 10.1. The third-order valence-corrected chi connectivity index (χ3v) is 2.87. The molecule has 0 aliphatic heterocycles. The van der Waals surface area contributed by atoms with Gasteiger partial charge in [0.15, 0.2) is 0 Å². The molecule has 0 saturated heterocycles. The van der Waals surface area contributed by atoms with Gasteiger partial charge < -0.3 is 5.11 Å². The number of hydrogen-bond donors (Lipinski definition) is 1. The van der Waals surface area contributed by atoms with Crippen LogP contribution in [0.25, 0.3) is 6.08 Å². The van der Waals surface area contributed by atoms with E-state index in [4.69, 9.17) is 0 Å². The number of hydrogen-bond acceptors (Lipinski definition) is 1. The monoisotopic (exact) mass is 188 g/mol. The number of aliphatic hydroxyl groups excluding tert-OH is 1. The highest BCUT2D eigenvalue weighted by molar-refractivity contribution is 5.57. The van der Waals surface area contributed by atoms with Crippen LogP contribution in [0.2, 0.25) is 0 Å². The fourth-order valence-corrected chi connectivity index (χ4v) is 2.08. The molecule has 0 fully saturated rings. The van der Waals surface area contributed by atoms with Gasteiger partial charge in [-0.1, -0.05) is 49.8 Å². The van der Waals surface area contributed by atoms with Crippen LogP contribution in [-0.2, 0) is 0 Å². The number of benzene rings is 1. The van der Waals surface area contributed by atoms with Gasteiger partial charge in [0.05, 0.1) is 6.10 Å².